The first kappa shape index (κ1) is 16.8. The van der Waals surface area contributed by atoms with E-state index in [1.807, 2.05) is 24.4 Å². The molecule has 24 heavy (non-hydrogen) atoms. The van der Waals surface area contributed by atoms with E-state index in [2.05, 4.69) is 58.3 Å². The molecule has 0 atom stereocenters. The molecule has 0 bridgehead atoms. The monoisotopic (exact) mass is 337 g/mol. The van der Waals surface area contributed by atoms with Crippen molar-refractivity contribution in [2.75, 3.05) is 31.1 Å². The maximum absolute atomic E-state index is 4.63. The number of hydrogen-bond donors (Lipinski definition) is 0. The van der Waals surface area contributed by atoms with Crippen LogP contribution in [-0.2, 0) is 0 Å². The van der Waals surface area contributed by atoms with E-state index in [-0.39, 0.29) is 0 Å². The van der Waals surface area contributed by atoms with Crippen molar-refractivity contribution in [3.63, 3.8) is 0 Å². The van der Waals surface area contributed by atoms with Crippen LogP contribution >= 0.6 is 11.8 Å². The molecule has 0 fully saturated rings. The van der Waals surface area contributed by atoms with Crippen molar-refractivity contribution in [2.24, 2.45) is 0 Å². The van der Waals surface area contributed by atoms with Gasteiger partial charge in [0, 0.05) is 37.3 Å². The topological polar surface area (TPSA) is 19.4 Å². The molecular weight excluding hydrogens is 314 g/mol. The molecule has 2 aromatic rings. The van der Waals surface area contributed by atoms with Crippen molar-refractivity contribution < 1.29 is 0 Å². The Balaban J connectivity index is 1.75. The molecule has 0 saturated carbocycles. The highest BCUT2D eigenvalue weighted by atomic mass is 32.2. The van der Waals surface area contributed by atoms with Crippen LogP contribution in [0.1, 0.15) is 6.42 Å². The van der Waals surface area contributed by atoms with Gasteiger partial charge >= 0.3 is 0 Å². The summed E-state index contributed by atoms with van der Waals surface area (Å²) in [6.45, 7) is 11.4. The van der Waals surface area contributed by atoms with Crippen molar-refractivity contribution in [1.29, 1.82) is 0 Å². The van der Waals surface area contributed by atoms with Crippen molar-refractivity contribution in [2.45, 2.75) is 16.2 Å². The number of aromatic nitrogens is 1. The Morgan fingerprint density at radius 3 is 2.58 bits per heavy atom. The zero-order valence-electron chi connectivity index (χ0n) is 13.9. The summed E-state index contributed by atoms with van der Waals surface area (Å²) >= 11 is 1.80. The highest BCUT2D eigenvalue weighted by Gasteiger charge is 2.23. The minimum Gasteiger partial charge on any atom is -0.324 e. The van der Waals surface area contributed by atoms with Gasteiger partial charge in [-0.3, -0.25) is 4.90 Å². The second kappa shape index (κ2) is 8.18. The Morgan fingerprint density at radius 2 is 1.79 bits per heavy atom. The normalized spacial score (nSPS) is 12.6. The summed E-state index contributed by atoms with van der Waals surface area (Å²) in [7, 11) is 0. The van der Waals surface area contributed by atoms with E-state index < -0.39 is 0 Å². The van der Waals surface area contributed by atoms with Crippen molar-refractivity contribution in [1.82, 2.24) is 9.88 Å². The predicted molar refractivity (Wildman–Crippen MR) is 103 cm³/mol. The van der Waals surface area contributed by atoms with E-state index in [9.17, 15) is 0 Å². The van der Waals surface area contributed by atoms with Gasteiger partial charge in [-0.25, -0.2) is 4.98 Å². The van der Waals surface area contributed by atoms with Gasteiger partial charge in [-0.05, 0) is 30.7 Å². The van der Waals surface area contributed by atoms with Crippen molar-refractivity contribution >= 4 is 23.3 Å². The molecule has 124 valence electrons. The second-order valence-corrected chi connectivity index (χ2v) is 6.82. The van der Waals surface area contributed by atoms with Gasteiger partial charge < -0.3 is 4.90 Å². The number of rotatable bonds is 8. The highest BCUT2D eigenvalue weighted by Crippen LogP contribution is 2.46. The van der Waals surface area contributed by atoms with E-state index in [1.54, 1.807) is 11.8 Å². The molecule has 3 nitrogen and oxygen atoms in total. The number of hydrogen-bond acceptors (Lipinski definition) is 4. The fourth-order valence-electron chi connectivity index (χ4n) is 2.96. The van der Waals surface area contributed by atoms with E-state index in [4.69, 9.17) is 0 Å². The van der Waals surface area contributed by atoms with Crippen LogP contribution < -0.4 is 4.90 Å². The first-order valence-corrected chi connectivity index (χ1v) is 9.08. The number of nitrogens with zero attached hydrogens (tertiary/aromatic N) is 3. The third-order valence-corrected chi connectivity index (χ3v) is 5.12. The quantitative estimate of drug-likeness (QED) is 0.647. The highest BCUT2D eigenvalue weighted by molar-refractivity contribution is 7.99. The van der Waals surface area contributed by atoms with Crippen molar-refractivity contribution in [3.05, 3.63) is 67.9 Å². The van der Waals surface area contributed by atoms with Crippen LogP contribution in [0, 0.1) is 0 Å². The van der Waals surface area contributed by atoms with Gasteiger partial charge in [0.25, 0.3) is 0 Å². The Labute approximate surface area is 148 Å². The van der Waals surface area contributed by atoms with Crippen LogP contribution in [0.25, 0.3) is 0 Å². The van der Waals surface area contributed by atoms with Crippen molar-refractivity contribution in [3.8, 4) is 0 Å². The number of anilines is 2. The first-order valence-electron chi connectivity index (χ1n) is 8.27. The standard InChI is InChI=1S/C20H23N3S/c1-3-13-22(14-4-2)15-8-16-23-17-9-5-6-10-18(17)24-19-11-7-12-21-20(19)23/h3-7,9-12H,1-2,8,13-16H2. The Bertz CT molecular complexity index is 658. The molecule has 1 aromatic carbocycles. The molecule has 1 aliphatic rings. The summed E-state index contributed by atoms with van der Waals surface area (Å²) in [5.74, 6) is 1.07. The largest absolute Gasteiger partial charge is 0.324 e. The fraction of sp³-hybridized carbons (Fsp3) is 0.250. The van der Waals surface area contributed by atoms with Crippen LogP contribution in [0.2, 0.25) is 0 Å². The van der Waals surface area contributed by atoms with E-state index in [0.717, 1.165) is 38.4 Å². The molecule has 1 aromatic heterocycles. The van der Waals surface area contributed by atoms with Crippen LogP contribution in [0.4, 0.5) is 11.5 Å². The van der Waals surface area contributed by atoms with Gasteiger partial charge in [-0.15, -0.1) is 13.2 Å². The van der Waals surface area contributed by atoms with Gasteiger partial charge in [0.2, 0.25) is 0 Å². The minimum absolute atomic E-state index is 0.896. The third kappa shape index (κ3) is 3.71. The summed E-state index contributed by atoms with van der Waals surface area (Å²) in [5.41, 5.74) is 1.26. The molecule has 4 heteroatoms. The lowest BCUT2D eigenvalue weighted by Gasteiger charge is -2.32. The average molecular weight is 337 g/mol. The molecule has 0 aliphatic carbocycles. The number of pyridine rings is 1. The zero-order chi connectivity index (χ0) is 16.8. The molecule has 0 saturated heterocycles. The van der Waals surface area contributed by atoms with Crippen LogP contribution in [0.3, 0.4) is 0 Å². The molecule has 0 radical (unpaired) electrons. The number of para-hydroxylation sites is 1. The molecule has 1 aliphatic heterocycles. The Kier molecular flexibility index (Phi) is 5.72. The van der Waals surface area contributed by atoms with Gasteiger partial charge in [-0.1, -0.05) is 36.0 Å². The van der Waals surface area contributed by atoms with E-state index in [1.165, 1.54) is 15.5 Å². The average Bonchev–Trinajstić information content (AvgIpc) is 2.61. The van der Waals surface area contributed by atoms with E-state index >= 15 is 0 Å². The second-order valence-electron chi connectivity index (χ2n) is 5.74. The molecular formula is C20H23N3S. The molecule has 2 heterocycles. The van der Waals surface area contributed by atoms with Gasteiger partial charge in [-0.2, -0.15) is 0 Å². The molecule has 3 rings (SSSR count). The maximum Gasteiger partial charge on any atom is 0.147 e. The van der Waals surface area contributed by atoms with Gasteiger partial charge in [0.1, 0.15) is 5.82 Å². The molecule has 0 spiro atoms. The summed E-state index contributed by atoms with van der Waals surface area (Å²) < 4.78 is 0. The summed E-state index contributed by atoms with van der Waals surface area (Å²) in [4.78, 5) is 11.9. The minimum atomic E-state index is 0.896. The summed E-state index contributed by atoms with van der Waals surface area (Å²) in [5, 5.41) is 0. The summed E-state index contributed by atoms with van der Waals surface area (Å²) in [6.07, 6.45) is 6.85. The molecule has 0 amide bonds. The molecule has 0 N–H and O–H groups in total. The van der Waals surface area contributed by atoms with Gasteiger partial charge in [0.05, 0.1) is 10.6 Å². The smallest absolute Gasteiger partial charge is 0.147 e. The predicted octanol–water partition coefficient (Wildman–Crippen LogP) is 4.75. The lowest BCUT2D eigenvalue weighted by molar-refractivity contribution is 0.332. The van der Waals surface area contributed by atoms with Gasteiger partial charge in [0.15, 0.2) is 0 Å². The number of fused-ring (bicyclic) bond motifs is 2. The first-order chi connectivity index (χ1) is 11.8. The molecule has 0 unspecified atom stereocenters. The van der Waals surface area contributed by atoms with Crippen LogP contribution in [0.15, 0.2) is 77.7 Å². The fourth-order valence-corrected chi connectivity index (χ4v) is 4.03. The lowest BCUT2D eigenvalue weighted by atomic mass is 10.2. The lowest BCUT2D eigenvalue weighted by Crippen LogP contribution is -2.29. The van der Waals surface area contributed by atoms with Crippen LogP contribution in [0.5, 0.6) is 0 Å². The summed E-state index contributed by atoms with van der Waals surface area (Å²) in [6, 6.07) is 12.7. The maximum atomic E-state index is 4.63. The third-order valence-electron chi connectivity index (χ3n) is 4.01. The Hall–Kier alpha value is -2.04. The number of benzene rings is 1. The zero-order valence-corrected chi connectivity index (χ0v) is 14.7. The Morgan fingerprint density at radius 1 is 1.04 bits per heavy atom. The van der Waals surface area contributed by atoms with E-state index in [0.29, 0.717) is 0 Å². The van der Waals surface area contributed by atoms with Crippen LogP contribution in [-0.4, -0.2) is 36.1 Å². The SMILES string of the molecule is C=CCN(CC=C)CCCN1c2ccccc2Sc2cccnc21.